The van der Waals surface area contributed by atoms with Crippen LogP contribution >= 0.6 is 0 Å². The van der Waals surface area contributed by atoms with Gasteiger partial charge in [0.2, 0.25) is 6.04 Å². The van der Waals surface area contributed by atoms with Gasteiger partial charge in [-0.3, -0.25) is 14.9 Å². The Hall–Kier alpha value is -1.21. The van der Waals surface area contributed by atoms with E-state index in [9.17, 15) is 14.9 Å². The summed E-state index contributed by atoms with van der Waals surface area (Å²) in [6.07, 6.45) is 0.490. The highest BCUT2D eigenvalue weighted by Gasteiger charge is 2.33. The lowest BCUT2D eigenvalue weighted by molar-refractivity contribution is -0.524. The van der Waals surface area contributed by atoms with Crippen molar-refractivity contribution in [2.75, 3.05) is 6.54 Å². The van der Waals surface area contributed by atoms with Crippen molar-refractivity contribution >= 4 is 5.97 Å². The van der Waals surface area contributed by atoms with Gasteiger partial charge in [0.25, 0.3) is 0 Å². The second-order valence-electron chi connectivity index (χ2n) is 2.65. The van der Waals surface area contributed by atoms with E-state index >= 15 is 0 Å². The fraction of sp³-hybridized carbons (Fsp3) is 0.833. The molecular weight excluding hydrogens is 178 g/mol. The summed E-state index contributed by atoms with van der Waals surface area (Å²) in [5.74, 6) is -1.36. The van der Waals surface area contributed by atoms with Crippen LogP contribution in [0.25, 0.3) is 0 Å². The van der Waals surface area contributed by atoms with E-state index in [1.807, 2.05) is 0 Å². The van der Waals surface area contributed by atoms with Gasteiger partial charge >= 0.3 is 5.97 Å². The van der Waals surface area contributed by atoms with Crippen LogP contribution in [0.3, 0.4) is 0 Å². The number of nitro groups is 1. The third-order valence-electron chi connectivity index (χ3n) is 1.67. The van der Waals surface area contributed by atoms with Crippen LogP contribution in [0.15, 0.2) is 0 Å². The number of hydrogen-bond acceptors (Lipinski definition) is 5. The van der Waals surface area contributed by atoms with Crippen LogP contribution in [0, 0.1) is 10.1 Å². The van der Waals surface area contributed by atoms with E-state index in [0.717, 1.165) is 0 Å². The lowest BCUT2D eigenvalue weighted by Gasteiger charge is -2.12. The van der Waals surface area contributed by atoms with Gasteiger partial charge < -0.3 is 16.6 Å². The topological polar surface area (TPSA) is 132 Å². The number of rotatable bonds is 6. The van der Waals surface area contributed by atoms with Crippen molar-refractivity contribution in [2.24, 2.45) is 11.5 Å². The first-order chi connectivity index (χ1) is 6.00. The molecule has 0 aliphatic rings. The second-order valence-corrected chi connectivity index (χ2v) is 2.65. The number of nitrogens with zero attached hydrogens (tertiary/aromatic N) is 1. The molecule has 0 aromatic heterocycles. The molecule has 1 unspecified atom stereocenters. The van der Waals surface area contributed by atoms with Crippen LogP contribution in [-0.4, -0.2) is 34.6 Å². The van der Waals surface area contributed by atoms with Crippen LogP contribution in [0.5, 0.6) is 0 Å². The molecule has 0 aromatic rings. The summed E-state index contributed by atoms with van der Waals surface area (Å²) in [6, 6.07) is -2.71. The standard InChI is InChI=1S/C6H13N3O4/c7-3-1-2-4(9(12)13)5(8)6(10)11/h4-5H,1-3,7-8H2,(H,10,11)/t4?,5-/m0/s1. The van der Waals surface area contributed by atoms with Gasteiger partial charge in [-0.1, -0.05) is 0 Å². The molecule has 76 valence electrons. The molecule has 0 amide bonds. The van der Waals surface area contributed by atoms with E-state index in [-0.39, 0.29) is 13.0 Å². The molecule has 0 aliphatic carbocycles. The second kappa shape index (κ2) is 5.44. The maximum atomic E-state index is 10.4. The van der Waals surface area contributed by atoms with Gasteiger partial charge in [-0.2, -0.15) is 0 Å². The molecule has 0 fully saturated rings. The Morgan fingerprint density at radius 3 is 2.46 bits per heavy atom. The maximum absolute atomic E-state index is 10.4. The molecule has 7 heteroatoms. The van der Waals surface area contributed by atoms with Gasteiger partial charge in [-0.15, -0.1) is 0 Å². The number of carboxylic acid groups (broad SMARTS) is 1. The van der Waals surface area contributed by atoms with Gasteiger partial charge in [-0.05, 0) is 13.0 Å². The lowest BCUT2D eigenvalue weighted by atomic mass is 10.0. The quantitative estimate of drug-likeness (QED) is 0.356. The Kier molecular flexibility index (Phi) is 4.93. The van der Waals surface area contributed by atoms with Gasteiger partial charge in [0, 0.05) is 11.3 Å². The summed E-state index contributed by atoms with van der Waals surface area (Å²) in [4.78, 5) is 20.0. The Bertz CT molecular complexity index is 196. The number of carbonyl (C=O) groups is 1. The normalized spacial score (nSPS) is 14.9. The zero-order valence-corrected chi connectivity index (χ0v) is 7.05. The minimum atomic E-state index is -1.46. The minimum Gasteiger partial charge on any atom is -0.480 e. The molecule has 0 rings (SSSR count). The van der Waals surface area contributed by atoms with Crippen LogP contribution in [-0.2, 0) is 4.79 Å². The van der Waals surface area contributed by atoms with E-state index in [1.165, 1.54) is 0 Å². The van der Waals surface area contributed by atoms with Gasteiger partial charge in [0.05, 0.1) is 0 Å². The Morgan fingerprint density at radius 1 is 1.62 bits per heavy atom. The van der Waals surface area contributed by atoms with Crippen LogP contribution in [0.2, 0.25) is 0 Å². The number of nitrogens with two attached hydrogens (primary N) is 2. The average molecular weight is 191 g/mol. The molecular formula is C6H13N3O4. The van der Waals surface area contributed by atoms with Crippen LogP contribution < -0.4 is 11.5 Å². The van der Waals surface area contributed by atoms with E-state index in [1.54, 1.807) is 0 Å². The molecule has 0 spiro atoms. The Balaban J connectivity index is 4.24. The third kappa shape index (κ3) is 3.81. The predicted octanol–water partition coefficient (Wildman–Crippen LogP) is -1.22. The largest absolute Gasteiger partial charge is 0.480 e. The summed E-state index contributed by atoms with van der Waals surface area (Å²) in [7, 11) is 0. The van der Waals surface area contributed by atoms with E-state index in [2.05, 4.69) is 0 Å². The highest BCUT2D eigenvalue weighted by atomic mass is 16.6. The Labute approximate surface area is 74.9 Å². The summed E-state index contributed by atoms with van der Waals surface area (Å²) >= 11 is 0. The van der Waals surface area contributed by atoms with Gasteiger partial charge in [0.1, 0.15) is 0 Å². The van der Waals surface area contributed by atoms with Gasteiger partial charge in [-0.25, -0.2) is 0 Å². The predicted molar refractivity (Wildman–Crippen MR) is 44.7 cm³/mol. The average Bonchev–Trinajstić information content (AvgIpc) is 2.04. The molecule has 0 saturated heterocycles. The monoisotopic (exact) mass is 191 g/mol. The van der Waals surface area contributed by atoms with Crippen molar-refractivity contribution in [3.8, 4) is 0 Å². The third-order valence-corrected chi connectivity index (χ3v) is 1.67. The van der Waals surface area contributed by atoms with E-state index in [4.69, 9.17) is 16.6 Å². The van der Waals surface area contributed by atoms with Crippen molar-refractivity contribution in [3.05, 3.63) is 10.1 Å². The van der Waals surface area contributed by atoms with Crippen molar-refractivity contribution in [2.45, 2.75) is 24.9 Å². The number of carboxylic acids is 1. The fourth-order valence-electron chi connectivity index (χ4n) is 0.908. The summed E-state index contributed by atoms with van der Waals surface area (Å²) < 4.78 is 0. The molecule has 0 aromatic carbocycles. The van der Waals surface area contributed by atoms with Crippen molar-refractivity contribution < 1.29 is 14.8 Å². The molecule has 13 heavy (non-hydrogen) atoms. The fourth-order valence-corrected chi connectivity index (χ4v) is 0.908. The first kappa shape index (κ1) is 11.8. The lowest BCUT2D eigenvalue weighted by Crippen LogP contribution is -2.46. The molecule has 0 saturated carbocycles. The molecule has 0 aliphatic heterocycles. The number of hydrogen-bond donors (Lipinski definition) is 3. The molecule has 5 N–H and O–H groups in total. The minimum absolute atomic E-state index is 0.0942. The molecule has 2 atom stereocenters. The molecule has 0 bridgehead atoms. The number of aliphatic carboxylic acids is 1. The van der Waals surface area contributed by atoms with E-state index < -0.39 is 23.0 Å². The SMILES string of the molecule is NCCCC([C@H](N)C(=O)O)[N+](=O)[O-]. The summed E-state index contributed by atoms with van der Waals surface area (Å²) in [5, 5.41) is 18.8. The smallest absolute Gasteiger partial charge is 0.327 e. The highest BCUT2D eigenvalue weighted by Crippen LogP contribution is 2.04. The first-order valence-corrected chi connectivity index (χ1v) is 3.82. The van der Waals surface area contributed by atoms with E-state index in [0.29, 0.717) is 6.42 Å². The molecule has 0 radical (unpaired) electrons. The van der Waals surface area contributed by atoms with Crippen molar-refractivity contribution in [1.29, 1.82) is 0 Å². The van der Waals surface area contributed by atoms with Crippen molar-refractivity contribution in [3.63, 3.8) is 0 Å². The van der Waals surface area contributed by atoms with Crippen molar-refractivity contribution in [1.82, 2.24) is 0 Å². The maximum Gasteiger partial charge on any atom is 0.327 e. The van der Waals surface area contributed by atoms with Gasteiger partial charge in [0.15, 0.2) is 6.04 Å². The first-order valence-electron chi connectivity index (χ1n) is 3.82. The molecule has 7 nitrogen and oxygen atoms in total. The Morgan fingerprint density at radius 2 is 2.15 bits per heavy atom. The zero-order valence-electron chi connectivity index (χ0n) is 7.05. The van der Waals surface area contributed by atoms with Crippen LogP contribution in [0.1, 0.15) is 12.8 Å². The zero-order chi connectivity index (χ0) is 10.4. The summed E-state index contributed by atoms with van der Waals surface area (Å²) in [6.45, 7) is 0.288. The summed E-state index contributed by atoms with van der Waals surface area (Å²) in [5.41, 5.74) is 10.3. The van der Waals surface area contributed by atoms with Crippen LogP contribution in [0.4, 0.5) is 0 Å². The highest BCUT2D eigenvalue weighted by molar-refractivity contribution is 5.73. The molecule has 0 heterocycles.